The van der Waals surface area contributed by atoms with E-state index in [2.05, 4.69) is 22.1 Å². The quantitative estimate of drug-likeness (QED) is 0.500. The molecule has 1 fully saturated rings. The molecule has 2 unspecified atom stereocenters. The van der Waals surface area contributed by atoms with E-state index in [0.29, 0.717) is 23.4 Å². The van der Waals surface area contributed by atoms with Crippen molar-refractivity contribution >= 4 is 10.8 Å². The van der Waals surface area contributed by atoms with Gasteiger partial charge in [0.15, 0.2) is 17.4 Å². The highest BCUT2D eigenvalue weighted by molar-refractivity contribution is 5.95. The second-order valence-corrected chi connectivity index (χ2v) is 7.02. The molecule has 0 spiro atoms. The Morgan fingerprint density at radius 1 is 0.929 bits per heavy atom. The molecule has 0 aliphatic heterocycles. The lowest BCUT2D eigenvalue weighted by molar-refractivity contribution is 0.386. The van der Waals surface area contributed by atoms with Gasteiger partial charge < -0.3 is 4.74 Å². The normalized spacial score (nSPS) is 18.2. The molecule has 138 valence electrons. The maximum absolute atomic E-state index is 13.7. The summed E-state index contributed by atoms with van der Waals surface area (Å²) < 4.78 is 18.9. The number of aromatic nitrogens is 3. The second kappa shape index (κ2) is 6.68. The molecular formula is C23H18FN3O. The first-order chi connectivity index (χ1) is 13.8. The van der Waals surface area contributed by atoms with E-state index in [-0.39, 0.29) is 5.82 Å². The van der Waals surface area contributed by atoms with Crippen molar-refractivity contribution in [2.24, 2.45) is 0 Å². The van der Waals surface area contributed by atoms with Crippen LogP contribution in [0.25, 0.3) is 22.3 Å². The van der Waals surface area contributed by atoms with Crippen LogP contribution in [0.3, 0.4) is 0 Å². The van der Waals surface area contributed by atoms with Crippen LogP contribution in [0, 0.1) is 5.82 Å². The van der Waals surface area contributed by atoms with Gasteiger partial charge in [-0.3, -0.25) is 4.98 Å². The van der Waals surface area contributed by atoms with Crippen LogP contribution < -0.4 is 4.74 Å². The van der Waals surface area contributed by atoms with Gasteiger partial charge in [0.05, 0.1) is 7.11 Å². The highest BCUT2D eigenvalue weighted by Gasteiger charge is 2.41. The van der Waals surface area contributed by atoms with Crippen molar-refractivity contribution in [2.45, 2.75) is 18.3 Å². The Morgan fingerprint density at radius 3 is 2.50 bits per heavy atom. The summed E-state index contributed by atoms with van der Waals surface area (Å²) in [6.07, 6.45) is 6.41. The molecule has 4 aromatic rings. The fourth-order valence-corrected chi connectivity index (χ4v) is 3.92. The first-order valence-electron chi connectivity index (χ1n) is 9.24. The van der Waals surface area contributed by atoms with Crippen LogP contribution in [-0.2, 0) is 0 Å². The largest absolute Gasteiger partial charge is 0.494 e. The lowest BCUT2D eigenvalue weighted by Gasteiger charge is -2.10. The second-order valence-electron chi connectivity index (χ2n) is 7.02. The Morgan fingerprint density at radius 2 is 1.71 bits per heavy atom. The third-order valence-corrected chi connectivity index (χ3v) is 5.40. The Labute approximate surface area is 162 Å². The average molecular weight is 371 g/mol. The van der Waals surface area contributed by atoms with Crippen molar-refractivity contribution in [3.63, 3.8) is 0 Å². The molecule has 0 amide bonds. The maximum Gasteiger partial charge on any atom is 0.178 e. The number of halogens is 1. The van der Waals surface area contributed by atoms with E-state index in [9.17, 15) is 4.39 Å². The molecule has 5 heteroatoms. The third kappa shape index (κ3) is 2.80. The molecule has 0 saturated heterocycles. The number of hydrogen-bond donors (Lipinski definition) is 0. The smallest absolute Gasteiger partial charge is 0.178 e. The van der Waals surface area contributed by atoms with Gasteiger partial charge in [-0.15, -0.1) is 0 Å². The van der Waals surface area contributed by atoms with Crippen LogP contribution in [0.1, 0.15) is 29.4 Å². The minimum atomic E-state index is -0.331. The van der Waals surface area contributed by atoms with E-state index in [0.717, 1.165) is 23.1 Å². The zero-order valence-electron chi connectivity index (χ0n) is 15.3. The summed E-state index contributed by atoms with van der Waals surface area (Å²) >= 11 is 0. The maximum atomic E-state index is 13.7. The molecule has 1 saturated carbocycles. The monoisotopic (exact) mass is 371 g/mol. The summed E-state index contributed by atoms with van der Waals surface area (Å²) in [7, 11) is 1.49. The van der Waals surface area contributed by atoms with Gasteiger partial charge in [-0.2, -0.15) is 0 Å². The van der Waals surface area contributed by atoms with Gasteiger partial charge in [0.2, 0.25) is 0 Å². The Balaban J connectivity index is 1.55. The number of fused-ring (bicyclic) bond motifs is 1. The molecule has 4 nitrogen and oxygen atoms in total. The SMILES string of the molecule is COc1cc(C2CC2c2cnc(-c3ncccn3)c3ccccc23)ccc1F. The summed E-state index contributed by atoms with van der Waals surface area (Å²) in [6, 6.07) is 15.2. The van der Waals surface area contributed by atoms with E-state index >= 15 is 0 Å². The van der Waals surface area contributed by atoms with Crippen molar-refractivity contribution in [1.29, 1.82) is 0 Å². The van der Waals surface area contributed by atoms with Gasteiger partial charge >= 0.3 is 0 Å². The first-order valence-corrected chi connectivity index (χ1v) is 9.24. The molecule has 2 aromatic heterocycles. The van der Waals surface area contributed by atoms with Crippen LogP contribution >= 0.6 is 0 Å². The summed E-state index contributed by atoms with van der Waals surface area (Å²) in [5, 5.41) is 2.22. The zero-order valence-corrected chi connectivity index (χ0v) is 15.3. The molecule has 1 aliphatic carbocycles. The van der Waals surface area contributed by atoms with Gasteiger partial charge in [-0.1, -0.05) is 30.3 Å². The molecule has 0 radical (unpaired) electrons. The van der Waals surface area contributed by atoms with E-state index in [1.54, 1.807) is 18.5 Å². The molecule has 2 heterocycles. The van der Waals surface area contributed by atoms with Crippen LogP contribution in [0.5, 0.6) is 5.75 Å². The van der Waals surface area contributed by atoms with Gasteiger partial charge in [0.1, 0.15) is 5.69 Å². The molecule has 2 aromatic carbocycles. The zero-order chi connectivity index (χ0) is 19.1. The van der Waals surface area contributed by atoms with E-state index < -0.39 is 0 Å². The molecule has 1 aliphatic rings. The standard InChI is InChI=1S/C23H18FN3O/c1-28-21-11-14(7-8-20(21)24)17-12-18(17)19-13-27-22(23-25-9-4-10-26-23)16-6-3-2-5-15(16)19/h2-11,13,17-18H,12H2,1H3. The van der Waals surface area contributed by atoms with Crippen molar-refractivity contribution in [1.82, 2.24) is 15.0 Å². The van der Waals surface area contributed by atoms with Gasteiger partial charge in [0.25, 0.3) is 0 Å². The van der Waals surface area contributed by atoms with E-state index in [1.807, 2.05) is 30.5 Å². The Bertz CT molecular complexity index is 1160. The fraction of sp³-hybridized carbons (Fsp3) is 0.174. The van der Waals surface area contributed by atoms with Crippen LogP contribution in [-0.4, -0.2) is 22.1 Å². The summed E-state index contributed by atoms with van der Waals surface area (Å²) in [5.41, 5.74) is 3.10. The van der Waals surface area contributed by atoms with Crippen molar-refractivity contribution in [3.05, 3.63) is 84.1 Å². The number of pyridine rings is 1. The molecule has 0 N–H and O–H groups in total. The minimum absolute atomic E-state index is 0.294. The molecule has 2 atom stereocenters. The number of nitrogens with zero attached hydrogens (tertiary/aromatic N) is 3. The summed E-state index contributed by atoms with van der Waals surface area (Å²) in [4.78, 5) is 13.4. The van der Waals surface area contributed by atoms with E-state index in [1.165, 1.54) is 24.1 Å². The molecular weight excluding hydrogens is 353 g/mol. The molecule has 0 bridgehead atoms. The summed E-state index contributed by atoms with van der Waals surface area (Å²) in [6.45, 7) is 0. The number of hydrogen-bond acceptors (Lipinski definition) is 4. The van der Waals surface area contributed by atoms with Crippen LogP contribution in [0.4, 0.5) is 4.39 Å². The van der Waals surface area contributed by atoms with Crippen molar-refractivity contribution in [2.75, 3.05) is 7.11 Å². The first kappa shape index (κ1) is 16.8. The van der Waals surface area contributed by atoms with Crippen LogP contribution in [0.2, 0.25) is 0 Å². The molecule has 28 heavy (non-hydrogen) atoms. The van der Waals surface area contributed by atoms with Crippen LogP contribution in [0.15, 0.2) is 67.1 Å². The number of ether oxygens (including phenoxy) is 1. The van der Waals surface area contributed by atoms with Gasteiger partial charge in [-0.25, -0.2) is 14.4 Å². The predicted octanol–water partition coefficient (Wildman–Crippen LogP) is 5.11. The van der Waals surface area contributed by atoms with E-state index in [4.69, 9.17) is 9.72 Å². The lowest BCUT2D eigenvalue weighted by atomic mass is 9.99. The average Bonchev–Trinajstić information content (AvgIpc) is 3.54. The third-order valence-electron chi connectivity index (χ3n) is 5.40. The van der Waals surface area contributed by atoms with Crippen molar-refractivity contribution < 1.29 is 9.13 Å². The highest BCUT2D eigenvalue weighted by atomic mass is 19.1. The van der Waals surface area contributed by atoms with Gasteiger partial charge in [-0.05, 0) is 53.0 Å². The fourth-order valence-electron chi connectivity index (χ4n) is 3.92. The highest BCUT2D eigenvalue weighted by Crippen LogP contribution is 2.56. The topological polar surface area (TPSA) is 47.9 Å². The Kier molecular flexibility index (Phi) is 4.01. The minimum Gasteiger partial charge on any atom is -0.494 e. The number of rotatable bonds is 4. The van der Waals surface area contributed by atoms with Gasteiger partial charge in [0, 0.05) is 24.0 Å². The lowest BCUT2D eigenvalue weighted by Crippen LogP contribution is -1.96. The molecule has 5 rings (SSSR count). The summed E-state index contributed by atoms with van der Waals surface area (Å²) in [5.74, 6) is 1.29. The number of methoxy groups -OCH3 is 1. The van der Waals surface area contributed by atoms with Crippen molar-refractivity contribution in [3.8, 4) is 17.3 Å². The predicted molar refractivity (Wildman–Crippen MR) is 106 cm³/mol. The number of benzene rings is 2. The Hall–Kier alpha value is -3.34.